The number of nitrogens with zero attached hydrogens (tertiary/aromatic N) is 3. The van der Waals surface area contributed by atoms with Crippen LogP contribution in [-0.4, -0.2) is 51.9 Å². The molecule has 0 bridgehead atoms. The second-order valence-electron chi connectivity index (χ2n) is 8.33. The maximum atomic E-state index is 13.5. The molecule has 6 nitrogen and oxygen atoms in total. The molecule has 196 valence electrons. The van der Waals surface area contributed by atoms with Crippen LogP contribution >= 0.6 is 23.2 Å². The number of benzene rings is 3. The molecular weight excluding hydrogens is 550 g/mol. The zero-order chi connectivity index (χ0) is 26.8. The van der Waals surface area contributed by atoms with Crippen LogP contribution in [-0.2, 0) is 21.0 Å². The molecule has 1 amide bonds. The number of piperazine rings is 1. The first kappa shape index (κ1) is 27.1. The molecule has 0 radical (unpaired) electrons. The van der Waals surface area contributed by atoms with Crippen molar-refractivity contribution in [2.75, 3.05) is 41.9 Å². The Kier molecular flexibility index (Phi) is 7.91. The van der Waals surface area contributed by atoms with E-state index >= 15 is 0 Å². The molecule has 1 saturated heterocycles. The van der Waals surface area contributed by atoms with E-state index in [0.717, 1.165) is 17.8 Å². The van der Waals surface area contributed by atoms with Crippen LogP contribution in [0.4, 0.5) is 24.5 Å². The molecule has 1 aliphatic heterocycles. The molecule has 0 N–H and O–H groups in total. The number of carbonyl (C=O) groups is 1. The number of alkyl halides is 3. The third-order valence-corrected chi connectivity index (χ3v) is 8.31. The van der Waals surface area contributed by atoms with Gasteiger partial charge >= 0.3 is 6.18 Å². The lowest BCUT2D eigenvalue weighted by molar-refractivity contribution is -0.137. The highest BCUT2D eigenvalue weighted by Crippen LogP contribution is 2.38. The van der Waals surface area contributed by atoms with Gasteiger partial charge in [-0.3, -0.25) is 9.10 Å². The molecule has 0 unspecified atom stereocenters. The first-order valence-electron chi connectivity index (χ1n) is 11.2. The average molecular weight is 572 g/mol. The normalized spacial score (nSPS) is 14.5. The zero-order valence-electron chi connectivity index (χ0n) is 19.3. The van der Waals surface area contributed by atoms with Gasteiger partial charge in [-0.05, 0) is 48.5 Å². The fraction of sp³-hybridized carbons (Fsp3) is 0.240. The maximum absolute atomic E-state index is 13.5. The van der Waals surface area contributed by atoms with Gasteiger partial charge in [-0.25, -0.2) is 8.42 Å². The van der Waals surface area contributed by atoms with E-state index in [1.807, 2.05) is 23.1 Å². The van der Waals surface area contributed by atoms with Gasteiger partial charge in [0.15, 0.2) is 0 Å². The number of halogens is 5. The average Bonchev–Trinajstić information content (AvgIpc) is 2.87. The van der Waals surface area contributed by atoms with Crippen molar-refractivity contribution in [3.8, 4) is 0 Å². The number of anilines is 2. The van der Waals surface area contributed by atoms with Crippen molar-refractivity contribution in [2.24, 2.45) is 0 Å². The standard InChI is InChI=1S/C25H22Cl2F3N3O3S/c26-18-5-4-6-19(15-18)31-11-13-32(14-12-31)24(34)17-33(37(35,36)21-7-2-1-3-8-21)20-9-10-23(27)22(16-20)25(28,29)30/h1-10,15-16H,11-14,17H2. The Labute approximate surface area is 222 Å². The Balaban J connectivity index is 1.60. The molecule has 0 aliphatic carbocycles. The summed E-state index contributed by atoms with van der Waals surface area (Å²) in [6.07, 6.45) is -4.81. The second kappa shape index (κ2) is 10.8. The van der Waals surface area contributed by atoms with Gasteiger partial charge in [0.2, 0.25) is 5.91 Å². The lowest BCUT2D eigenvalue weighted by Gasteiger charge is -2.37. The highest BCUT2D eigenvalue weighted by Gasteiger charge is 2.36. The third kappa shape index (κ3) is 6.14. The third-order valence-electron chi connectivity index (χ3n) is 5.96. The van der Waals surface area contributed by atoms with E-state index in [1.54, 1.807) is 12.1 Å². The Morgan fingerprint density at radius 3 is 2.19 bits per heavy atom. The molecule has 1 fully saturated rings. The largest absolute Gasteiger partial charge is 0.417 e. The van der Waals surface area contributed by atoms with Gasteiger partial charge in [0.1, 0.15) is 6.54 Å². The van der Waals surface area contributed by atoms with Crippen molar-refractivity contribution >= 4 is 50.5 Å². The lowest BCUT2D eigenvalue weighted by atomic mass is 10.2. The predicted octanol–water partition coefficient (Wildman–Crippen LogP) is 5.56. The van der Waals surface area contributed by atoms with Gasteiger partial charge < -0.3 is 9.80 Å². The van der Waals surface area contributed by atoms with Crippen LogP contribution in [0.1, 0.15) is 5.56 Å². The van der Waals surface area contributed by atoms with E-state index in [1.165, 1.54) is 29.2 Å². The summed E-state index contributed by atoms with van der Waals surface area (Å²) in [5.41, 5.74) is -0.609. The molecule has 0 atom stereocenters. The van der Waals surface area contributed by atoms with Crippen LogP contribution in [0.5, 0.6) is 0 Å². The molecule has 1 aliphatic rings. The summed E-state index contributed by atoms with van der Waals surface area (Å²) >= 11 is 11.8. The Morgan fingerprint density at radius 1 is 0.892 bits per heavy atom. The van der Waals surface area contributed by atoms with Crippen molar-refractivity contribution < 1.29 is 26.4 Å². The summed E-state index contributed by atoms with van der Waals surface area (Å²) in [7, 11) is -4.37. The minimum absolute atomic E-state index is 0.155. The maximum Gasteiger partial charge on any atom is 0.417 e. The summed E-state index contributed by atoms with van der Waals surface area (Å²) in [6.45, 7) is 0.901. The van der Waals surface area contributed by atoms with Gasteiger partial charge in [-0.15, -0.1) is 0 Å². The van der Waals surface area contributed by atoms with E-state index in [2.05, 4.69) is 0 Å². The van der Waals surface area contributed by atoms with Crippen molar-refractivity contribution in [3.05, 3.63) is 88.4 Å². The summed E-state index contributed by atoms with van der Waals surface area (Å²) < 4.78 is 68.2. The monoisotopic (exact) mass is 571 g/mol. The number of carbonyl (C=O) groups excluding carboxylic acids is 1. The first-order valence-corrected chi connectivity index (χ1v) is 13.4. The Hall–Kier alpha value is -2.95. The van der Waals surface area contributed by atoms with Crippen molar-refractivity contribution in [2.45, 2.75) is 11.1 Å². The van der Waals surface area contributed by atoms with E-state index in [-0.39, 0.29) is 10.6 Å². The second-order valence-corrected chi connectivity index (χ2v) is 11.0. The van der Waals surface area contributed by atoms with Crippen LogP contribution in [0.2, 0.25) is 10.0 Å². The Morgan fingerprint density at radius 2 is 1.57 bits per heavy atom. The topological polar surface area (TPSA) is 60.9 Å². The van der Waals surface area contributed by atoms with Crippen molar-refractivity contribution in [3.63, 3.8) is 0 Å². The highest BCUT2D eigenvalue weighted by molar-refractivity contribution is 7.92. The number of hydrogen-bond donors (Lipinski definition) is 0. The number of amides is 1. The first-order chi connectivity index (χ1) is 17.5. The molecule has 0 spiro atoms. The van der Waals surface area contributed by atoms with Crippen molar-refractivity contribution in [1.29, 1.82) is 0 Å². The summed E-state index contributed by atoms with van der Waals surface area (Å²) in [4.78, 5) is 16.6. The fourth-order valence-corrected chi connectivity index (χ4v) is 5.87. The minimum atomic E-state index is -4.81. The minimum Gasteiger partial charge on any atom is -0.368 e. The smallest absolute Gasteiger partial charge is 0.368 e. The van der Waals surface area contributed by atoms with E-state index < -0.39 is 39.2 Å². The van der Waals surface area contributed by atoms with Crippen molar-refractivity contribution in [1.82, 2.24) is 4.90 Å². The molecule has 0 aromatic heterocycles. The molecule has 12 heteroatoms. The summed E-state index contributed by atoms with van der Waals surface area (Å²) in [5.74, 6) is -0.534. The number of hydrogen-bond acceptors (Lipinski definition) is 4. The van der Waals surface area contributed by atoms with Crippen LogP contribution in [0, 0.1) is 0 Å². The van der Waals surface area contributed by atoms with Gasteiger partial charge in [-0.2, -0.15) is 13.2 Å². The van der Waals surface area contributed by atoms with Gasteiger partial charge in [-0.1, -0.05) is 47.5 Å². The SMILES string of the molecule is O=C(CN(c1ccc(Cl)c(C(F)(F)F)c1)S(=O)(=O)c1ccccc1)N1CCN(c2cccc(Cl)c2)CC1. The highest BCUT2D eigenvalue weighted by atomic mass is 35.5. The van der Waals surface area contributed by atoms with E-state index in [9.17, 15) is 26.4 Å². The molecular formula is C25H22Cl2F3N3O3S. The number of sulfonamides is 1. The number of rotatable bonds is 6. The van der Waals surface area contributed by atoms with Gasteiger partial charge in [0, 0.05) is 36.9 Å². The quantitative estimate of drug-likeness (QED) is 0.389. The van der Waals surface area contributed by atoms with Gasteiger partial charge in [0.05, 0.1) is 21.2 Å². The van der Waals surface area contributed by atoms with Crippen LogP contribution in [0.25, 0.3) is 0 Å². The molecule has 0 saturated carbocycles. The van der Waals surface area contributed by atoms with Crippen LogP contribution in [0.3, 0.4) is 0 Å². The fourth-order valence-electron chi connectivity index (χ4n) is 4.03. The van der Waals surface area contributed by atoms with E-state index in [0.29, 0.717) is 41.6 Å². The van der Waals surface area contributed by atoms with E-state index in [4.69, 9.17) is 23.2 Å². The van der Waals surface area contributed by atoms with Gasteiger partial charge in [0.25, 0.3) is 10.0 Å². The van der Waals surface area contributed by atoms with Crippen LogP contribution in [0.15, 0.2) is 77.7 Å². The van der Waals surface area contributed by atoms with Crippen LogP contribution < -0.4 is 9.21 Å². The summed E-state index contributed by atoms with van der Waals surface area (Å²) in [6, 6.07) is 17.3. The Bertz CT molecular complexity index is 1380. The molecule has 1 heterocycles. The zero-order valence-corrected chi connectivity index (χ0v) is 21.7. The molecule has 3 aromatic carbocycles. The molecule has 4 rings (SSSR count). The molecule has 3 aromatic rings. The predicted molar refractivity (Wildman–Crippen MR) is 138 cm³/mol. The summed E-state index contributed by atoms with van der Waals surface area (Å²) in [5, 5.41) is 0.00994. The molecule has 37 heavy (non-hydrogen) atoms. The lowest BCUT2D eigenvalue weighted by Crippen LogP contribution is -2.52.